The van der Waals surface area contributed by atoms with Gasteiger partial charge in [-0.05, 0) is 43.5 Å². The fourth-order valence-electron chi connectivity index (χ4n) is 3.06. The predicted molar refractivity (Wildman–Crippen MR) is 87.7 cm³/mol. The van der Waals surface area contributed by atoms with Crippen LogP contribution in [0, 0.1) is 0 Å². The Kier molecular flexibility index (Phi) is 4.79. The zero-order valence-electron chi connectivity index (χ0n) is 13.8. The molecule has 1 atom stereocenters. The summed E-state index contributed by atoms with van der Waals surface area (Å²) in [5.41, 5.74) is 0.00955. The first-order chi connectivity index (χ1) is 11.9. The molecule has 1 fully saturated rings. The minimum absolute atomic E-state index is 0.0128. The molecule has 1 aromatic heterocycles. The predicted octanol–water partition coefficient (Wildman–Crippen LogP) is 4.40. The van der Waals surface area contributed by atoms with Crippen LogP contribution in [0.4, 0.5) is 13.2 Å². The van der Waals surface area contributed by atoms with Crippen LogP contribution < -0.4 is 0 Å². The van der Waals surface area contributed by atoms with Gasteiger partial charge in [-0.25, -0.2) is 0 Å². The topological polar surface area (TPSA) is 33.2 Å². The van der Waals surface area contributed by atoms with Crippen LogP contribution in [0.15, 0.2) is 48.7 Å². The molecule has 0 aliphatic heterocycles. The van der Waals surface area contributed by atoms with Crippen molar-refractivity contribution < 1.29 is 18.0 Å². The summed E-state index contributed by atoms with van der Waals surface area (Å²) in [6.07, 6.45) is -1.31. The standard InChI is InChI=1S/C19H19F3N2O/c1-13(17-8-4-5-11-23-17)24(15-9-10-15)18(25)12-14-6-2-3-7-16(14)19(20,21)22/h2-8,11,13,15H,9-10,12H2,1H3/t13-/m0/s1. The molecule has 2 aromatic rings. The van der Waals surface area contributed by atoms with E-state index in [4.69, 9.17) is 0 Å². The van der Waals surface area contributed by atoms with E-state index in [1.165, 1.54) is 18.2 Å². The number of carbonyl (C=O) groups is 1. The molecule has 1 saturated carbocycles. The number of hydrogen-bond donors (Lipinski definition) is 0. The van der Waals surface area contributed by atoms with Gasteiger partial charge in [-0.15, -0.1) is 0 Å². The van der Waals surface area contributed by atoms with Gasteiger partial charge in [0.25, 0.3) is 0 Å². The van der Waals surface area contributed by atoms with E-state index in [1.807, 2.05) is 19.1 Å². The molecule has 0 unspecified atom stereocenters. The lowest BCUT2D eigenvalue weighted by atomic mass is 10.0. The highest BCUT2D eigenvalue weighted by Crippen LogP contribution is 2.36. The second kappa shape index (κ2) is 6.86. The van der Waals surface area contributed by atoms with E-state index in [-0.39, 0.29) is 30.0 Å². The van der Waals surface area contributed by atoms with Crippen LogP contribution in [0.3, 0.4) is 0 Å². The van der Waals surface area contributed by atoms with Crippen LogP contribution in [0.5, 0.6) is 0 Å². The van der Waals surface area contributed by atoms with Gasteiger partial charge in [0.05, 0.1) is 23.7 Å². The fourth-order valence-corrected chi connectivity index (χ4v) is 3.06. The minimum Gasteiger partial charge on any atom is -0.331 e. The van der Waals surface area contributed by atoms with Crippen molar-refractivity contribution in [2.75, 3.05) is 0 Å². The fraction of sp³-hybridized carbons (Fsp3) is 0.368. The zero-order valence-corrected chi connectivity index (χ0v) is 13.8. The van der Waals surface area contributed by atoms with Crippen molar-refractivity contribution in [3.8, 4) is 0 Å². The molecule has 1 heterocycles. The van der Waals surface area contributed by atoms with Gasteiger partial charge in [0.2, 0.25) is 5.91 Å². The molecule has 3 rings (SSSR count). The number of halogens is 3. The second-order valence-corrected chi connectivity index (χ2v) is 6.29. The molecule has 1 amide bonds. The number of hydrogen-bond acceptors (Lipinski definition) is 2. The highest BCUT2D eigenvalue weighted by atomic mass is 19.4. The molecule has 0 N–H and O–H groups in total. The Morgan fingerprint density at radius 2 is 1.88 bits per heavy atom. The van der Waals surface area contributed by atoms with Crippen molar-refractivity contribution in [1.82, 2.24) is 9.88 Å². The molecule has 132 valence electrons. The van der Waals surface area contributed by atoms with Crippen LogP contribution in [-0.2, 0) is 17.4 Å². The molecular weight excluding hydrogens is 329 g/mol. The van der Waals surface area contributed by atoms with E-state index in [1.54, 1.807) is 17.2 Å². The molecule has 1 aliphatic rings. The van der Waals surface area contributed by atoms with Gasteiger partial charge in [-0.1, -0.05) is 24.3 Å². The summed E-state index contributed by atoms with van der Waals surface area (Å²) >= 11 is 0. The molecule has 0 saturated heterocycles. The lowest BCUT2D eigenvalue weighted by Gasteiger charge is -2.29. The highest BCUT2D eigenvalue weighted by molar-refractivity contribution is 5.80. The van der Waals surface area contributed by atoms with Crippen LogP contribution in [0.25, 0.3) is 0 Å². The largest absolute Gasteiger partial charge is 0.416 e. The first kappa shape index (κ1) is 17.5. The SMILES string of the molecule is C[C@@H](c1ccccn1)N(C(=O)Cc1ccccc1C(F)(F)F)C1CC1. The molecule has 25 heavy (non-hydrogen) atoms. The summed E-state index contributed by atoms with van der Waals surface area (Å²) in [4.78, 5) is 18.8. The summed E-state index contributed by atoms with van der Waals surface area (Å²) < 4.78 is 39.5. The quantitative estimate of drug-likeness (QED) is 0.803. The molecule has 0 bridgehead atoms. The second-order valence-electron chi connectivity index (χ2n) is 6.29. The van der Waals surface area contributed by atoms with E-state index in [2.05, 4.69) is 4.98 Å². The van der Waals surface area contributed by atoms with Crippen molar-refractivity contribution in [2.24, 2.45) is 0 Å². The number of amides is 1. The molecule has 0 radical (unpaired) electrons. The molecular formula is C19H19F3N2O. The van der Waals surface area contributed by atoms with Crippen LogP contribution in [-0.4, -0.2) is 21.8 Å². The highest BCUT2D eigenvalue weighted by Gasteiger charge is 2.38. The number of benzene rings is 1. The number of alkyl halides is 3. The maximum atomic E-state index is 13.2. The maximum absolute atomic E-state index is 13.2. The van der Waals surface area contributed by atoms with E-state index in [0.29, 0.717) is 0 Å². The zero-order chi connectivity index (χ0) is 18.0. The van der Waals surface area contributed by atoms with E-state index >= 15 is 0 Å². The molecule has 0 spiro atoms. The van der Waals surface area contributed by atoms with Gasteiger partial charge >= 0.3 is 6.18 Å². The van der Waals surface area contributed by atoms with Gasteiger partial charge < -0.3 is 4.90 Å². The van der Waals surface area contributed by atoms with E-state index < -0.39 is 11.7 Å². The summed E-state index contributed by atoms with van der Waals surface area (Å²) in [5, 5.41) is 0. The lowest BCUT2D eigenvalue weighted by molar-refractivity contribution is -0.139. The van der Waals surface area contributed by atoms with Crippen molar-refractivity contribution in [3.63, 3.8) is 0 Å². The number of rotatable bonds is 5. The smallest absolute Gasteiger partial charge is 0.331 e. The number of pyridine rings is 1. The summed E-state index contributed by atoms with van der Waals surface area (Å²) in [5.74, 6) is -0.294. The first-order valence-electron chi connectivity index (χ1n) is 8.25. The Labute approximate surface area is 144 Å². The summed E-state index contributed by atoms with van der Waals surface area (Å²) in [7, 11) is 0. The van der Waals surface area contributed by atoms with Crippen LogP contribution in [0.2, 0.25) is 0 Å². The van der Waals surface area contributed by atoms with Crippen molar-refractivity contribution in [3.05, 3.63) is 65.5 Å². The van der Waals surface area contributed by atoms with Gasteiger partial charge in [0, 0.05) is 12.2 Å². The number of carbonyl (C=O) groups excluding carboxylic acids is 1. The number of nitrogens with zero attached hydrogens (tertiary/aromatic N) is 2. The average Bonchev–Trinajstić information content (AvgIpc) is 3.40. The molecule has 6 heteroatoms. The van der Waals surface area contributed by atoms with Crippen molar-refractivity contribution in [1.29, 1.82) is 0 Å². The van der Waals surface area contributed by atoms with Gasteiger partial charge in [0.1, 0.15) is 0 Å². The lowest BCUT2D eigenvalue weighted by Crippen LogP contribution is -2.37. The van der Waals surface area contributed by atoms with Gasteiger partial charge in [-0.3, -0.25) is 9.78 Å². The monoisotopic (exact) mass is 348 g/mol. The third-order valence-electron chi connectivity index (χ3n) is 4.43. The van der Waals surface area contributed by atoms with E-state index in [9.17, 15) is 18.0 Å². The Bertz CT molecular complexity index is 742. The first-order valence-corrected chi connectivity index (χ1v) is 8.25. The van der Waals surface area contributed by atoms with Crippen molar-refractivity contribution >= 4 is 5.91 Å². The molecule has 3 nitrogen and oxygen atoms in total. The Balaban J connectivity index is 1.84. The third kappa shape index (κ3) is 4.00. The average molecular weight is 348 g/mol. The van der Waals surface area contributed by atoms with Crippen LogP contribution >= 0.6 is 0 Å². The van der Waals surface area contributed by atoms with Gasteiger partial charge in [-0.2, -0.15) is 13.2 Å². The van der Waals surface area contributed by atoms with Crippen molar-refractivity contribution in [2.45, 2.75) is 44.4 Å². The number of aromatic nitrogens is 1. The molecule has 1 aromatic carbocycles. The summed E-state index contributed by atoms with van der Waals surface area (Å²) in [6, 6.07) is 10.5. The summed E-state index contributed by atoms with van der Waals surface area (Å²) in [6.45, 7) is 1.87. The maximum Gasteiger partial charge on any atom is 0.416 e. The molecule has 1 aliphatic carbocycles. The van der Waals surface area contributed by atoms with Crippen LogP contribution in [0.1, 0.15) is 42.6 Å². The minimum atomic E-state index is -4.46. The van der Waals surface area contributed by atoms with Gasteiger partial charge in [0.15, 0.2) is 0 Å². The Morgan fingerprint density at radius 1 is 1.20 bits per heavy atom. The third-order valence-corrected chi connectivity index (χ3v) is 4.43. The Hall–Kier alpha value is -2.37. The Morgan fingerprint density at radius 3 is 2.48 bits per heavy atom. The van der Waals surface area contributed by atoms with E-state index in [0.717, 1.165) is 24.6 Å². The normalized spacial score (nSPS) is 15.7.